The molecular formula is C10H11NO4. The van der Waals surface area contributed by atoms with Gasteiger partial charge in [-0.1, -0.05) is 5.16 Å². The average Bonchev–Trinajstić information content (AvgIpc) is 2.26. The van der Waals surface area contributed by atoms with Crippen molar-refractivity contribution >= 4 is 11.7 Å². The van der Waals surface area contributed by atoms with Crippen molar-refractivity contribution in [1.29, 1.82) is 0 Å². The molecule has 0 saturated carbocycles. The molecule has 1 N–H and O–H groups in total. The van der Waals surface area contributed by atoms with Crippen LogP contribution in [0.3, 0.4) is 0 Å². The second-order valence-electron chi connectivity index (χ2n) is 2.66. The van der Waals surface area contributed by atoms with Crippen LogP contribution in [-0.2, 0) is 14.4 Å². The molecular weight excluding hydrogens is 198 g/mol. The molecule has 0 amide bonds. The summed E-state index contributed by atoms with van der Waals surface area (Å²) in [4.78, 5) is 15.8. The number of benzene rings is 1. The molecule has 1 rings (SSSR count). The normalized spacial score (nSPS) is 10.9. The van der Waals surface area contributed by atoms with E-state index in [9.17, 15) is 4.79 Å². The van der Waals surface area contributed by atoms with Gasteiger partial charge in [-0.15, -0.1) is 0 Å². The number of esters is 1. The van der Waals surface area contributed by atoms with Crippen molar-refractivity contribution in [2.24, 2.45) is 5.16 Å². The number of phenols is 1. The number of carbonyl (C=O) groups excluding carboxylic acids is 1. The topological polar surface area (TPSA) is 68.1 Å². The molecule has 0 aliphatic rings. The van der Waals surface area contributed by atoms with Gasteiger partial charge in [0, 0.05) is 5.56 Å². The Morgan fingerprint density at radius 2 is 1.87 bits per heavy atom. The molecule has 15 heavy (non-hydrogen) atoms. The minimum absolute atomic E-state index is 0.0556. The van der Waals surface area contributed by atoms with Gasteiger partial charge in [0.2, 0.25) is 0 Å². The zero-order chi connectivity index (χ0) is 11.3. The zero-order valence-electron chi connectivity index (χ0n) is 8.43. The first kappa shape index (κ1) is 11.0. The molecule has 0 aliphatic heterocycles. The van der Waals surface area contributed by atoms with E-state index in [-0.39, 0.29) is 11.5 Å². The fraction of sp³-hybridized carbons (Fsp3) is 0.200. The van der Waals surface area contributed by atoms with E-state index in [1.807, 2.05) is 0 Å². The zero-order valence-corrected chi connectivity index (χ0v) is 8.43. The maximum Gasteiger partial charge on any atom is 0.360 e. The van der Waals surface area contributed by atoms with E-state index in [4.69, 9.17) is 5.11 Å². The van der Waals surface area contributed by atoms with Crippen LogP contribution in [0, 0.1) is 0 Å². The number of carbonyl (C=O) groups is 1. The first-order valence-corrected chi connectivity index (χ1v) is 4.18. The molecule has 0 atom stereocenters. The van der Waals surface area contributed by atoms with Gasteiger partial charge < -0.3 is 14.7 Å². The monoisotopic (exact) mass is 209 g/mol. The van der Waals surface area contributed by atoms with Crippen LogP contribution in [0.2, 0.25) is 0 Å². The van der Waals surface area contributed by atoms with Crippen molar-refractivity contribution in [3.8, 4) is 5.75 Å². The van der Waals surface area contributed by atoms with Gasteiger partial charge in [0.05, 0.1) is 7.11 Å². The number of ether oxygens (including phenoxy) is 1. The van der Waals surface area contributed by atoms with Crippen molar-refractivity contribution in [3.63, 3.8) is 0 Å². The van der Waals surface area contributed by atoms with E-state index in [1.54, 1.807) is 12.1 Å². The highest BCUT2D eigenvalue weighted by atomic mass is 16.6. The third-order valence-corrected chi connectivity index (χ3v) is 1.70. The number of hydrogen-bond acceptors (Lipinski definition) is 5. The summed E-state index contributed by atoms with van der Waals surface area (Å²) >= 11 is 0. The van der Waals surface area contributed by atoms with Gasteiger partial charge in [-0.05, 0) is 24.3 Å². The Labute approximate surface area is 86.9 Å². The van der Waals surface area contributed by atoms with Gasteiger partial charge in [0.1, 0.15) is 12.9 Å². The summed E-state index contributed by atoms with van der Waals surface area (Å²) in [6.07, 6.45) is 0. The van der Waals surface area contributed by atoms with Gasteiger partial charge >= 0.3 is 5.97 Å². The Morgan fingerprint density at radius 1 is 1.27 bits per heavy atom. The van der Waals surface area contributed by atoms with Crippen molar-refractivity contribution in [2.75, 3.05) is 14.2 Å². The molecule has 5 heteroatoms. The lowest BCUT2D eigenvalue weighted by molar-refractivity contribution is -0.132. The summed E-state index contributed by atoms with van der Waals surface area (Å²) in [6, 6.07) is 5.99. The van der Waals surface area contributed by atoms with E-state index in [0.717, 1.165) is 0 Å². The highest BCUT2D eigenvalue weighted by Crippen LogP contribution is 2.11. The van der Waals surface area contributed by atoms with Crippen molar-refractivity contribution in [3.05, 3.63) is 29.8 Å². The summed E-state index contributed by atoms with van der Waals surface area (Å²) in [7, 11) is 2.59. The number of phenolic OH excluding ortho intramolecular Hbond substituents is 1. The highest BCUT2D eigenvalue weighted by molar-refractivity contribution is 6.43. The Kier molecular flexibility index (Phi) is 3.68. The molecule has 0 aliphatic carbocycles. The first-order chi connectivity index (χ1) is 7.19. The summed E-state index contributed by atoms with van der Waals surface area (Å²) in [5, 5.41) is 12.6. The number of nitrogens with zero attached hydrogens (tertiary/aromatic N) is 1. The Balaban J connectivity index is 3.05. The summed E-state index contributed by atoms with van der Waals surface area (Å²) in [5.41, 5.74) is 0.571. The molecule has 1 aromatic carbocycles. The largest absolute Gasteiger partial charge is 0.508 e. The predicted octanol–water partition coefficient (Wildman–Crippen LogP) is 0.916. The number of oxime groups is 1. The molecule has 80 valence electrons. The minimum Gasteiger partial charge on any atom is -0.508 e. The van der Waals surface area contributed by atoms with Gasteiger partial charge in [0.15, 0.2) is 5.71 Å². The maximum absolute atomic E-state index is 11.3. The summed E-state index contributed by atoms with van der Waals surface area (Å²) in [5.74, 6) is -0.483. The van der Waals surface area contributed by atoms with Crippen molar-refractivity contribution in [2.45, 2.75) is 0 Å². The Bertz CT molecular complexity index is 370. The van der Waals surface area contributed by atoms with Crippen molar-refractivity contribution < 1.29 is 19.5 Å². The summed E-state index contributed by atoms with van der Waals surface area (Å²) in [6.45, 7) is 0. The molecule has 0 radical (unpaired) electrons. The third kappa shape index (κ3) is 2.70. The lowest BCUT2D eigenvalue weighted by Gasteiger charge is -2.03. The van der Waals surface area contributed by atoms with Crippen LogP contribution in [0.5, 0.6) is 5.75 Å². The average molecular weight is 209 g/mol. The molecule has 0 heterocycles. The standard InChI is InChI=1S/C10H11NO4/c1-14-10(13)9(11-15-2)7-3-5-8(12)6-4-7/h3-6,12H,1-2H3/b11-9-. The fourth-order valence-corrected chi connectivity index (χ4v) is 1.02. The second-order valence-corrected chi connectivity index (χ2v) is 2.66. The maximum atomic E-state index is 11.3. The van der Waals surface area contributed by atoms with Crippen LogP contribution in [0.15, 0.2) is 29.4 Å². The molecule has 0 aromatic heterocycles. The minimum atomic E-state index is -0.595. The Hall–Kier alpha value is -2.04. The molecule has 0 bridgehead atoms. The van der Waals surface area contributed by atoms with Gasteiger partial charge in [-0.2, -0.15) is 0 Å². The number of hydrogen-bond donors (Lipinski definition) is 1. The molecule has 1 aromatic rings. The van der Waals surface area contributed by atoms with Crippen LogP contribution >= 0.6 is 0 Å². The summed E-state index contributed by atoms with van der Waals surface area (Å²) < 4.78 is 4.54. The molecule has 5 nitrogen and oxygen atoms in total. The van der Waals surface area contributed by atoms with Gasteiger partial charge in [-0.3, -0.25) is 0 Å². The van der Waals surface area contributed by atoms with E-state index >= 15 is 0 Å². The first-order valence-electron chi connectivity index (χ1n) is 4.18. The molecule has 0 fully saturated rings. The quantitative estimate of drug-likeness (QED) is 0.456. The third-order valence-electron chi connectivity index (χ3n) is 1.70. The van der Waals surface area contributed by atoms with Crippen LogP contribution in [0.25, 0.3) is 0 Å². The van der Waals surface area contributed by atoms with Crippen LogP contribution in [0.1, 0.15) is 5.56 Å². The van der Waals surface area contributed by atoms with Crippen LogP contribution < -0.4 is 0 Å². The van der Waals surface area contributed by atoms with Crippen molar-refractivity contribution in [1.82, 2.24) is 0 Å². The molecule has 0 saturated heterocycles. The van der Waals surface area contributed by atoms with Gasteiger partial charge in [-0.25, -0.2) is 4.79 Å². The van der Waals surface area contributed by atoms with E-state index in [1.165, 1.54) is 26.4 Å². The van der Waals surface area contributed by atoms with Crippen LogP contribution in [0.4, 0.5) is 0 Å². The lowest BCUT2D eigenvalue weighted by Crippen LogP contribution is -2.17. The van der Waals surface area contributed by atoms with Gasteiger partial charge in [0.25, 0.3) is 0 Å². The van der Waals surface area contributed by atoms with Crippen LogP contribution in [-0.4, -0.2) is 31.0 Å². The fourth-order valence-electron chi connectivity index (χ4n) is 1.02. The Morgan fingerprint density at radius 3 is 2.33 bits per heavy atom. The molecule has 0 unspecified atom stereocenters. The molecule has 0 spiro atoms. The lowest BCUT2D eigenvalue weighted by atomic mass is 10.1. The number of methoxy groups -OCH3 is 1. The number of rotatable bonds is 3. The SMILES string of the molecule is CO/N=C(\C(=O)OC)c1ccc(O)cc1. The predicted molar refractivity (Wildman–Crippen MR) is 53.7 cm³/mol. The smallest absolute Gasteiger partial charge is 0.360 e. The van der Waals surface area contributed by atoms with E-state index in [2.05, 4.69) is 14.7 Å². The second kappa shape index (κ2) is 4.99. The highest BCUT2D eigenvalue weighted by Gasteiger charge is 2.15. The van der Waals surface area contributed by atoms with E-state index in [0.29, 0.717) is 5.56 Å². The van der Waals surface area contributed by atoms with E-state index < -0.39 is 5.97 Å². The number of aromatic hydroxyl groups is 1.